The summed E-state index contributed by atoms with van der Waals surface area (Å²) >= 11 is 0. The third kappa shape index (κ3) is 4.51. The molecule has 1 aliphatic rings. The Morgan fingerprint density at radius 1 is 1.04 bits per heavy atom. The zero-order valence-electron chi connectivity index (χ0n) is 16.0. The summed E-state index contributed by atoms with van der Waals surface area (Å²) in [6.45, 7) is 5.42. The number of ether oxygens (including phenoxy) is 1. The molecule has 3 rings (SSSR count). The van der Waals surface area contributed by atoms with Gasteiger partial charge in [-0.2, -0.15) is 0 Å². The molecular formula is C22H26NO3P. The molecule has 0 radical (unpaired) electrons. The maximum absolute atomic E-state index is 13.0. The minimum atomic E-state index is -1.94. The summed E-state index contributed by atoms with van der Waals surface area (Å²) in [5.74, 6) is 1.84. The van der Waals surface area contributed by atoms with Crippen LogP contribution in [0.3, 0.4) is 0 Å². The number of carbonyl (C=O) groups excluding carboxylic acids is 1. The van der Waals surface area contributed by atoms with Crippen molar-refractivity contribution in [2.75, 3.05) is 6.16 Å². The van der Waals surface area contributed by atoms with Gasteiger partial charge in [-0.3, -0.25) is 0 Å². The van der Waals surface area contributed by atoms with Gasteiger partial charge in [0.05, 0.1) is 18.0 Å². The molecule has 1 aliphatic heterocycles. The van der Waals surface area contributed by atoms with Gasteiger partial charge in [-0.1, -0.05) is 42.2 Å². The number of nitrogens with one attached hydrogen (secondary N) is 1. The van der Waals surface area contributed by atoms with Crippen LogP contribution in [-0.4, -0.2) is 23.9 Å². The maximum atomic E-state index is 13.0. The van der Waals surface area contributed by atoms with Crippen molar-refractivity contribution in [2.24, 2.45) is 0 Å². The second kappa shape index (κ2) is 7.74. The summed E-state index contributed by atoms with van der Waals surface area (Å²) in [4.78, 5) is 12.1. The van der Waals surface area contributed by atoms with E-state index < -0.39 is 25.0 Å². The summed E-state index contributed by atoms with van der Waals surface area (Å²) in [7, 11) is -1.94. The van der Waals surface area contributed by atoms with Crippen molar-refractivity contribution in [3.05, 3.63) is 72.2 Å². The quantitative estimate of drug-likeness (QED) is 0.829. The van der Waals surface area contributed by atoms with Crippen LogP contribution in [-0.2, 0) is 4.74 Å². The van der Waals surface area contributed by atoms with E-state index in [2.05, 4.69) is 29.6 Å². The van der Waals surface area contributed by atoms with Crippen LogP contribution >= 0.6 is 7.26 Å². The Kier molecular flexibility index (Phi) is 5.57. The molecule has 0 bridgehead atoms. The Balaban J connectivity index is 1.92. The van der Waals surface area contributed by atoms with Crippen molar-refractivity contribution in [1.29, 1.82) is 0 Å². The SMILES string of the molecule is CC(C)(C)OC(=O)N[C@H]1CC[P+](c2ccccc2)(c2ccccc2)C=C1[O-]. The summed E-state index contributed by atoms with van der Waals surface area (Å²) in [5, 5.41) is 18.1. The van der Waals surface area contributed by atoms with Gasteiger partial charge in [-0.25, -0.2) is 4.79 Å². The van der Waals surface area contributed by atoms with Gasteiger partial charge in [0.2, 0.25) is 0 Å². The summed E-state index contributed by atoms with van der Waals surface area (Å²) in [5.41, 5.74) is -0.587. The molecule has 0 saturated carbocycles. The Morgan fingerprint density at radius 2 is 1.56 bits per heavy atom. The molecule has 5 heteroatoms. The first-order valence-electron chi connectivity index (χ1n) is 9.18. The van der Waals surface area contributed by atoms with E-state index in [1.54, 1.807) is 0 Å². The van der Waals surface area contributed by atoms with Gasteiger partial charge in [0.1, 0.15) is 23.5 Å². The lowest BCUT2D eigenvalue weighted by Gasteiger charge is -2.36. The van der Waals surface area contributed by atoms with Crippen molar-refractivity contribution in [1.82, 2.24) is 5.32 Å². The van der Waals surface area contributed by atoms with Crippen LogP contribution in [0.4, 0.5) is 4.79 Å². The average Bonchev–Trinajstić information content (AvgIpc) is 2.63. The van der Waals surface area contributed by atoms with Crippen LogP contribution in [0.2, 0.25) is 0 Å². The van der Waals surface area contributed by atoms with E-state index in [-0.39, 0.29) is 5.76 Å². The molecule has 2 aromatic rings. The highest BCUT2D eigenvalue weighted by Crippen LogP contribution is 2.61. The van der Waals surface area contributed by atoms with Crippen molar-refractivity contribution in [2.45, 2.75) is 38.8 Å². The third-order valence-corrected chi connectivity index (χ3v) is 8.68. The van der Waals surface area contributed by atoms with Crippen molar-refractivity contribution in [3.63, 3.8) is 0 Å². The molecule has 0 fully saturated rings. The molecule has 4 nitrogen and oxygen atoms in total. The molecular weight excluding hydrogens is 357 g/mol. The molecule has 0 aliphatic carbocycles. The lowest BCUT2D eigenvalue weighted by Crippen LogP contribution is -2.45. The summed E-state index contributed by atoms with van der Waals surface area (Å²) < 4.78 is 5.30. The van der Waals surface area contributed by atoms with E-state index in [1.807, 2.05) is 63.0 Å². The first-order valence-corrected chi connectivity index (χ1v) is 11.2. The monoisotopic (exact) mass is 383 g/mol. The van der Waals surface area contributed by atoms with Crippen molar-refractivity contribution in [3.8, 4) is 0 Å². The van der Waals surface area contributed by atoms with E-state index in [9.17, 15) is 9.90 Å². The fourth-order valence-corrected chi connectivity index (χ4v) is 7.31. The molecule has 142 valence electrons. The normalized spacial score (nSPS) is 19.1. The second-order valence-electron chi connectivity index (χ2n) is 7.78. The number of benzene rings is 2. The smallest absolute Gasteiger partial charge is 0.408 e. The molecule has 1 N–H and O–H groups in total. The standard InChI is InChI=1S/C22H26NO3P/c1-22(2,3)26-21(25)23-19-14-15-27(16-20(19)24,17-10-6-4-7-11-17)18-12-8-5-9-13-18/h4-13,16,19H,14-15H2,1-3H3,(H-,23,24,25)/t19-/m0/s1. The molecule has 1 heterocycles. The van der Waals surface area contributed by atoms with E-state index >= 15 is 0 Å². The van der Waals surface area contributed by atoms with Crippen molar-refractivity contribution >= 4 is 24.0 Å². The number of rotatable bonds is 3. The minimum Gasteiger partial charge on any atom is -0.872 e. The molecule has 0 unspecified atom stereocenters. The third-order valence-electron chi connectivity index (χ3n) is 4.59. The lowest BCUT2D eigenvalue weighted by molar-refractivity contribution is -0.310. The van der Waals surface area contributed by atoms with Gasteiger partial charge < -0.3 is 15.2 Å². The number of alkyl carbamates (subject to hydrolysis) is 1. The van der Waals surface area contributed by atoms with Crippen LogP contribution in [0, 0.1) is 0 Å². The fraction of sp³-hybridized carbons (Fsp3) is 0.318. The van der Waals surface area contributed by atoms with Crippen LogP contribution < -0.4 is 21.0 Å². The highest BCUT2D eigenvalue weighted by atomic mass is 31.2. The molecule has 2 aromatic carbocycles. The van der Waals surface area contributed by atoms with E-state index in [0.717, 1.165) is 6.16 Å². The van der Waals surface area contributed by atoms with Crippen LogP contribution in [0.1, 0.15) is 27.2 Å². The van der Waals surface area contributed by atoms with Gasteiger partial charge >= 0.3 is 6.09 Å². The zero-order chi connectivity index (χ0) is 19.5. The minimum absolute atomic E-state index is 0.0341. The van der Waals surface area contributed by atoms with Crippen LogP contribution in [0.15, 0.2) is 72.2 Å². The Morgan fingerprint density at radius 3 is 2.00 bits per heavy atom. The van der Waals surface area contributed by atoms with Gasteiger partial charge in [0.15, 0.2) is 0 Å². The largest absolute Gasteiger partial charge is 0.872 e. The number of hydrogen-bond donors (Lipinski definition) is 1. The molecule has 0 aromatic heterocycles. The predicted molar refractivity (Wildman–Crippen MR) is 110 cm³/mol. The van der Waals surface area contributed by atoms with E-state index in [4.69, 9.17) is 4.74 Å². The van der Waals surface area contributed by atoms with Crippen LogP contribution in [0.5, 0.6) is 0 Å². The second-order valence-corrected chi connectivity index (χ2v) is 11.3. The molecule has 27 heavy (non-hydrogen) atoms. The summed E-state index contributed by atoms with van der Waals surface area (Å²) in [6, 6.07) is 19.9. The van der Waals surface area contributed by atoms with E-state index in [1.165, 1.54) is 10.6 Å². The molecule has 1 amide bonds. The number of amides is 1. The first kappa shape index (κ1) is 19.4. The topological polar surface area (TPSA) is 61.4 Å². The summed E-state index contributed by atoms with van der Waals surface area (Å²) in [6.07, 6.45) is 0.902. The van der Waals surface area contributed by atoms with Gasteiger partial charge in [-0.15, -0.1) is 0 Å². The van der Waals surface area contributed by atoms with Gasteiger partial charge in [0, 0.05) is 6.42 Å². The van der Waals surface area contributed by atoms with Gasteiger partial charge in [0.25, 0.3) is 0 Å². The van der Waals surface area contributed by atoms with Gasteiger partial charge in [-0.05, 0) is 45.0 Å². The fourth-order valence-electron chi connectivity index (χ4n) is 3.38. The first-order chi connectivity index (χ1) is 12.8. The predicted octanol–water partition coefficient (Wildman–Crippen LogP) is 3.15. The molecule has 0 spiro atoms. The number of hydrogen-bond acceptors (Lipinski definition) is 3. The Bertz CT molecular complexity index is 773. The highest BCUT2D eigenvalue weighted by Gasteiger charge is 2.44. The van der Waals surface area contributed by atoms with Crippen molar-refractivity contribution < 1.29 is 14.6 Å². The highest BCUT2D eigenvalue weighted by molar-refractivity contribution is 7.92. The molecule has 1 atom stereocenters. The maximum Gasteiger partial charge on any atom is 0.408 e. The van der Waals surface area contributed by atoms with E-state index in [0.29, 0.717) is 6.42 Å². The molecule has 0 saturated heterocycles. The average molecular weight is 383 g/mol. The lowest BCUT2D eigenvalue weighted by atomic mass is 10.2. The Hall–Kier alpha value is -2.32. The van der Waals surface area contributed by atoms with Crippen LogP contribution in [0.25, 0.3) is 0 Å². The zero-order valence-corrected chi connectivity index (χ0v) is 16.9. The Labute approximate surface area is 161 Å². The number of carbonyl (C=O) groups is 1.